The molecule has 0 aliphatic carbocycles. The van der Waals surface area contributed by atoms with E-state index < -0.39 is 9.93 Å². The summed E-state index contributed by atoms with van der Waals surface area (Å²) in [7, 11) is -2.22. The van der Waals surface area contributed by atoms with Crippen molar-refractivity contribution in [3.63, 3.8) is 0 Å². The van der Waals surface area contributed by atoms with Crippen LogP contribution in [-0.4, -0.2) is 21.7 Å². The number of pyridine rings is 1. The lowest BCUT2D eigenvalue weighted by Gasteiger charge is -2.12. The van der Waals surface area contributed by atoms with Crippen LogP contribution in [0.15, 0.2) is 41.4 Å². The predicted octanol–water partition coefficient (Wildman–Crippen LogP) is 3.69. The monoisotopic (exact) mass is 301 g/mol. The Morgan fingerprint density at radius 2 is 1.72 bits per heavy atom. The summed E-state index contributed by atoms with van der Waals surface area (Å²) in [5.41, 5.74) is 1.56. The number of aromatic nitrogens is 1. The van der Waals surface area contributed by atoms with Gasteiger partial charge in [-0.3, -0.25) is 9.19 Å². The topological polar surface area (TPSA) is 30.0 Å². The third-order valence-electron chi connectivity index (χ3n) is 2.57. The molecule has 0 fully saturated rings. The summed E-state index contributed by atoms with van der Waals surface area (Å²) >= 11 is 11.9. The van der Waals surface area contributed by atoms with Gasteiger partial charge in [-0.1, -0.05) is 45.3 Å². The van der Waals surface area contributed by atoms with Crippen molar-refractivity contribution in [1.29, 1.82) is 0 Å². The van der Waals surface area contributed by atoms with Gasteiger partial charge in [0.05, 0.1) is 15.7 Å². The predicted molar refractivity (Wildman–Crippen MR) is 79.3 cm³/mol. The van der Waals surface area contributed by atoms with Gasteiger partial charge in [0.25, 0.3) is 0 Å². The zero-order chi connectivity index (χ0) is 13.3. The van der Waals surface area contributed by atoms with Gasteiger partial charge in [0.15, 0.2) is 0 Å². The highest BCUT2D eigenvalue weighted by molar-refractivity contribution is 8.01. The van der Waals surface area contributed by atoms with Gasteiger partial charge in [-0.25, -0.2) is 0 Å². The largest absolute Gasteiger partial charge is 0.281 e. The molecule has 2 aromatic rings. The Labute approximate surface area is 117 Å². The summed E-state index contributed by atoms with van der Waals surface area (Å²) in [4.78, 5) is 5.05. The summed E-state index contributed by atoms with van der Waals surface area (Å²) < 4.78 is 11.9. The van der Waals surface area contributed by atoms with Crippen molar-refractivity contribution >= 4 is 33.1 Å². The van der Waals surface area contributed by atoms with E-state index in [1.54, 1.807) is 24.8 Å². The Hall–Kier alpha value is -0.900. The molecule has 0 amide bonds. The maximum atomic E-state index is 11.9. The maximum Gasteiger partial charge on any atom is 0.0889 e. The molecule has 0 unspecified atom stereocenters. The van der Waals surface area contributed by atoms with E-state index in [4.69, 9.17) is 23.2 Å². The van der Waals surface area contributed by atoms with Gasteiger partial charge in [-0.05, 0) is 30.7 Å². The minimum Gasteiger partial charge on any atom is -0.281 e. The van der Waals surface area contributed by atoms with Crippen molar-refractivity contribution in [3.8, 4) is 11.3 Å². The Balaban J connectivity index is 2.44. The van der Waals surface area contributed by atoms with Gasteiger partial charge in [0.2, 0.25) is 0 Å². The Bertz CT molecular complexity index is 619. The molecule has 0 atom stereocenters. The average Bonchev–Trinajstić information content (AvgIpc) is 2.28. The van der Waals surface area contributed by atoms with Gasteiger partial charge >= 0.3 is 0 Å². The van der Waals surface area contributed by atoms with E-state index in [1.165, 1.54) is 0 Å². The van der Waals surface area contributed by atoms with Crippen molar-refractivity contribution in [2.45, 2.75) is 4.90 Å². The van der Waals surface area contributed by atoms with E-state index >= 15 is 0 Å². The first-order chi connectivity index (χ1) is 8.38. The number of rotatable bonds is 2. The van der Waals surface area contributed by atoms with E-state index in [0.717, 1.165) is 10.5 Å². The Morgan fingerprint density at radius 1 is 1.11 bits per heavy atom. The van der Waals surface area contributed by atoms with Crippen molar-refractivity contribution in [2.24, 2.45) is 0 Å². The lowest BCUT2D eigenvalue weighted by molar-refractivity contribution is 0.678. The number of hydrogen-bond donors (Lipinski definition) is 1. The second kappa shape index (κ2) is 5.00. The van der Waals surface area contributed by atoms with Crippen LogP contribution in [0.3, 0.4) is 0 Å². The van der Waals surface area contributed by atoms with Crippen LogP contribution < -0.4 is 0 Å². The van der Waals surface area contributed by atoms with Crippen molar-refractivity contribution in [3.05, 3.63) is 46.6 Å². The van der Waals surface area contributed by atoms with Crippen LogP contribution in [-0.2, 0) is 9.93 Å². The fourth-order valence-electron chi connectivity index (χ4n) is 1.61. The van der Waals surface area contributed by atoms with E-state index in [0.29, 0.717) is 15.7 Å². The molecular weight excluding hydrogens is 289 g/mol. The zero-order valence-electron chi connectivity index (χ0n) is 10.0. The summed E-state index contributed by atoms with van der Waals surface area (Å²) in [5, 5.41) is 1.01. The minimum absolute atomic E-state index is 0.506. The van der Waals surface area contributed by atoms with Gasteiger partial charge in [0, 0.05) is 16.7 Å². The average molecular weight is 302 g/mol. The van der Waals surface area contributed by atoms with Crippen LogP contribution in [0.25, 0.3) is 11.3 Å². The number of nitrogens with zero attached hydrogens (tertiary/aromatic N) is 1. The molecule has 18 heavy (non-hydrogen) atoms. The Morgan fingerprint density at radius 3 is 2.22 bits per heavy atom. The molecule has 0 aliphatic rings. The second-order valence-electron chi connectivity index (χ2n) is 4.38. The smallest absolute Gasteiger partial charge is 0.0889 e. The van der Waals surface area contributed by atoms with Gasteiger partial charge in [0.1, 0.15) is 0 Å². The van der Waals surface area contributed by atoms with Crippen LogP contribution in [0.4, 0.5) is 0 Å². The van der Waals surface area contributed by atoms with Crippen molar-refractivity contribution < 1.29 is 4.21 Å². The molecule has 0 saturated carbocycles. The molecule has 1 aromatic heterocycles. The molecular formula is C13H13Cl2NOS. The maximum absolute atomic E-state index is 11.9. The quantitative estimate of drug-likeness (QED) is 0.858. The molecule has 2 rings (SSSR count). The summed E-state index contributed by atoms with van der Waals surface area (Å²) in [6.07, 6.45) is 5.05. The highest BCUT2D eigenvalue weighted by Crippen LogP contribution is 2.28. The highest BCUT2D eigenvalue weighted by Gasteiger charge is 2.08. The SMILES string of the molecule is C[SH](C)(=O)c1ccc(-c2ncc(Cl)cc2Cl)cc1. The molecule has 0 saturated heterocycles. The third-order valence-corrected chi connectivity index (χ3v) is 4.61. The van der Waals surface area contributed by atoms with Gasteiger partial charge in [-0.2, -0.15) is 0 Å². The normalized spacial score (nSPS) is 12.4. The molecule has 0 bridgehead atoms. The lowest BCUT2D eigenvalue weighted by Crippen LogP contribution is -2.05. The summed E-state index contributed by atoms with van der Waals surface area (Å²) in [5.74, 6) is 0. The first-order valence-corrected chi connectivity index (χ1v) is 8.70. The van der Waals surface area contributed by atoms with E-state index in [2.05, 4.69) is 4.98 Å². The van der Waals surface area contributed by atoms with Crippen LogP contribution in [0.2, 0.25) is 10.0 Å². The number of benzene rings is 1. The molecule has 0 aliphatic heterocycles. The molecule has 2 nitrogen and oxygen atoms in total. The fraction of sp³-hybridized carbons (Fsp3) is 0.154. The molecule has 1 heterocycles. The minimum atomic E-state index is -2.22. The van der Waals surface area contributed by atoms with Crippen LogP contribution >= 0.6 is 23.2 Å². The number of thiol groups is 1. The zero-order valence-corrected chi connectivity index (χ0v) is 12.4. The third kappa shape index (κ3) is 2.91. The highest BCUT2D eigenvalue weighted by atomic mass is 35.5. The number of halogens is 2. The molecule has 96 valence electrons. The molecule has 0 spiro atoms. The molecule has 1 aromatic carbocycles. The first kappa shape index (κ1) is 13.5. The first-order valence-electron chi connectivity index (χ1n) is 5.35. The van der Waals surface area contributed by atoms with E-state index in [9.17, 15) is 4.21 Å². The lowest BCUT2D eigenvalue weighted by atomic mass is 10.1. The van der Waals surface area contributed by atoms with Crippen LogP contribution in [0.1, 0.15) is 0 Å². The van der Waals surface area contributed by atoms with Crippen molar-refractivity contribution in [1.82, 2.24) is 4.98 Å². The van der Waals surface area contributed by atoms with Gasteiger partial charge < -0.3 is 0 Å². The van der Waals surface area contributed by atoms with Crippen LogP contribution in [0.5, 0.6) is 0 Å². The van der Waals surface area contributed by atoms with E-state index in [-0.39, 0.29) is 0 Å². The second-order valence-corrected chi connectivity index (χ2v) is 8.44. The van der Waals surface area contributed by atoms with Crippen LogP contribution in [0, 0.1) is 0 Å². The van der Waals surface area contributed by atoms with E-state index in [1.807, 2.05) is 24.3 Å². The molecule has 0 radical (unpaired) electrons. The molecule has 0 N–H and O–H groups in total. The van der Waals surface area contributed by atoms with Gasteiger partial charge in [-0.15, -0.1) is 0 Å². The summed E-state index contributed by atoms with van der Waals surface area (Å²) in [6.45, 7) is 0. The van der Waals surface area contributed by atoms with Crippen molar-refractivity contribution in [2.75, 3.05) is 12.5 Å². The molecule has 5 heteroatoms. The number of hydrogen-bond acceptors (Lipinski definition) is 2. The fourth-order valence-corrected chi connectivity index (χ4v) is 2.96. The summed E-state index contributed by atoms with van der Waals surface area (Å²) in [6, 6.07) is 9.10. The Kier molecular flexibility index (Phi) is 3.76. The standard InChI is InChI=1S/C13H13Cl2NOS/c1-18(2,17)11-5-3-9(4-6-11)13-12(15)7-10(14)8-16-13/h3-8,18H,1-2H3.